The number of nitrogens with one attached hydrogen (secondary N) is 1. The summed E-state index contributed by atoms with van der Waals surface area (Å²) in [5.74, 6) is 0.207. The fraction of sp³-hybridized carbons (Fsp3) is 0.588. The number of hydrogen-bond acceptors (Lipinski definition) is 3. The first-order valence-corrected chi connectivity index (χ1v) is 7.91. The number of amides is 1. The predicted molar refractivity (Wildman–Crippen MR) is 87.6 cm³/mol. The lowest BCUT2D eigenvalue weighted by Crippen LogP contribution is -2.34. The normalized spacial score (nSPS) is 16.2. The van der Waals surface area contributed by atoms with E-state index in [1.807, 2.05) is 11.9 Å². The number of aryl methyl sites for hydroxylation is 1. The summed E-state index contributed by atoms with van der Waals surface area (Å²) in [6.07, 6.45) is 2.18. The van der Waals surface area contributed by atoms with E-state index < -0.39 is 0 Å². The smallest absolute Gasteiger partial charge is 0.241 e. The van der Waals surface area contributed by atoms with Crippen LogP contribution in [0.15, 0.2) is 18.2 Å². The Morgan fingerprint density at radius 1 is 1.29 bits per heavy atom. The van der Waals surface area contributed by atoms with E-state index in [1.165, 1.54) is 11.1 Å². The topological polar surface area (TPSA) is 35.6 Å². The fourth-order valence-corrected chi connectivity index (χ4v) is 2.68. The number of likely N-dealkylation sites (N-methyl/N-ethyl adjacent to an activating group) is 1. The van der Waals surface area contributed by atoms with Gasteiger partial charge < -0.3 is 15.1 Å². The van der Waals surface area contributed by atoms with Gasteiger partial charge in [-0.05, 0) is 49.6 Å². The molecular formula is C17H27N3O. The van der Waals surface area contributed by atoms with Crippen LogP contribution in [-0.4, -0.2) is 44.0 Å². The van der Waals surface area contributed by atoms with Crippen molar-refractivity contribution in [1.82, 2.24) is 10.2 Å². The standard InChI is InChI=1S/C17H27N3O/c1-4-8-18-12-15-6-7-16(11-14(15)2)20-10-5-9-19(3)17(21)13-20/h6-7,11,18H,4-5,8-10,12-13H2,1-3H3. The van der Waals surface area contributed by atoms with E-state index in [9.17, 15) is 4.79 Å². The molecule has 1 aromatic rings. The number of rotatable bonds is 5. The second kappa shape index (κ2) is 7.46. The van der Waals surface area contributed by atoms with Crippen LogP contribution in [0.5, 0.6) is 0 Å². The number of carbonyl (C=O) groups excluding carboxylic acids is 1. The van der Waals surface area contributed by atoms with Gasteiger partial charge in [0.05, 0.1) is 6.54 Å². The lowest BCUT2D eigenvalue weighted by Gasteiger charge is -2.23. The lowest BCUT2D eigenvalue weighted by molar-refractivity contribution is -0.127. The molecule has 4 nitrogen and oxygen atoms in total. The van der Waals surface area contributed by atoms with Crippen LogP contribution in [0.3, 0.4) is 0 Å². The van der Waals surface area contributed by atoms with E-state index in [0.29, 0.717) is 6.54 Å². The van der Waals surface area contributed by atoms with Crippen LogP contribution in [0, 0.1) is 6.92 Å². The highest BCUT2D eigenvalue weighted by Gasteiger charge is 2.19. The van der Waals surface area contributed by atoms with Crippen LogP contribution in [0.2, 0.25) is 0 Å². The molecule has 1 N–H and O–H groups in total. The molecule has 2 rings (SSSR count). The number of hydrogen-bond donors (Lipinski definition) is 1. The van der Waals surface area contributed by atoms with Crippen molar-refractivity contribution in [2.45, 2.75) is 33.2 Å². The number of benzene rings is 1. The molecule has 116 valence electrons. The maximum Gasteiger partial charge on any atom is 0.241 e. The zero-order valence-electron chi connectivity index (χ0n) is 13.5. The summed E-state index contributed by atoms with van der Waals surface area (Å²) < 4.78 is 0. The summed E-state index contributed by atoms with van der Waals surface area (Å²) in [5.41, 5.74) is 3.79. The molecule has 1 aliphatic heterocycles. The minimum Gasteiger partial charge on any atom is -0.362 e. The van der Waals surface area contributed by atoms with Crippen LogP contribution in [0.25, 0.3) is 0 Å². The summed E-state index contributed by atoms with van der Waals surface area (Å²) in [6, 6.07) is 6.54. The highest BCUT2D eigenvalue weighted by atomic mass is 16.2. The summed E-state index contributed by atoms with van der Waals surface area (Å²) in [6.45, 7) is 8.59. The quantitative estimate of drug-likeness (QED) is 0.844. The molecule has 21 heavy (non-hydrogen) atoms. The number of carbonyl (C=O) groups is 1. The Morgan fingerprint density at radius 2 is 2.10 bits per heavy atom. The molecule has 0 bridgehead atoms. The molecule has 0 aliphatic carbocycles. The Morgan fingerprint density at radius 3 is 2.81 bits per heavy atom. The molecule has 0 saturated carbocycles. The molecule has 0 unspecified atom stereocenters. The van der Waals surface area contributed by atoms with Crippen LogP contribution in [0.1, 0.15) is 30.9 Å². The third kappa shape index (κ3) is 4.21. The summed E-state index contributed by atoms with van der Waals surface area (Å²) >= 11 is 0. The van der Waals surface area contributed by atoms with Crippen molar-refractivity contribution in [2.24, 2.45) is 0 Å². The number of nitrogens with zero attached hydrogens (tertiary/aromatic N) is 2. The van der Waals surface area contributed by atoms with Gasteiger partial charge in [-0.1, -0.05) is 13.0 Å². The average Bonchev–Trinajstić information content (AvgIpc) is 2.63. The first-order chi connectivity index (χ1) is 10.1. The molecule has 0 spiro atoms. The molecule has 1 aliphatic rings. The van der Waals surface area contributed by atoms with Gasteiger partial charge in [-0.15, -0.1) is 0 Å². The highest BCUT2D eigenvalue weighted by molar-refractivity contribution is 5.81. The summed E-state index contributed by atoms with van der Waals surface area (Å²) in [4.78, 5) is 16.0. The Hall–Kier alpha value is -1.55. The van der Waals surface area contributed by atoms with Crippen molar-refractivity contribution in [3.05, 3.63) is 29.3 Å². The first-order valence-electron chi connectivity index (χ1n) is 7.91. The van der Waals surface area contributed by atoms with Crippen LogP contribution < -0.4 is 10.2 Å². The van der Waals surface area contributed by atoms with Gasteiger partial charge in [0.1, 0.15) is 0 Å². The van der Waals surface area contributed by atoms with Gasteiger partial charge in [0, 0.05) is 32.4 Å². The second-order valence-electron chi connectivity index (χ2n) is 5.88. The molecule has 1 saturated heterocycles. The molecule has 0 radical (unpaired) electrons. The van der Waals surface area contributed by atoms with E-state index in [2.05, 4.69) is 42.3 Å². The van der Waals surface area contributed by atoms with E-state index in [0.717, 1.165) is 44.7 Å². The fourth-order valence-electron chi connectivity index (χ4n) is 2.68. The van der Waals surface area contributed by atoms with Crippen molar-refractivity contribution < 1.29 is 4.79 Å². The molecule has 0 atom stereocenters. The minimum absolute atomic E-state index is 0.207. The lowest BCUT2D eigenvalue weighted by atomic mass is 10.1. The van der Waals surface area contributed by atoms with E-state index in [4.69, 9.17) is 0 Å². The van der Waals surface area contributed by atoms with Crippen molar-refractivity contribution in [3.63, 3.8) is 0 Å². The first kappa shape index (κ1) is 15.8. The highest BCUT2D eigenvalue weighted by Crippen LogP contribution is 2.21. The van der Waals surface area contributed by atoms with Crippen molar-refractivity contribution in [3.8, 4) is 0 Å². The van der Waals surface area contributed by atoms with Gasteiger partial charge >= 0.3 is 0 Å². The third-order valence-electron chi connectivity index (χ3n) is 4.11. The SMILES string of the molecule is CCCNCc1ccc(N2CCCN(C)C(=O)C2)cc1C. The molecule has 1 amide bonds. The molecule has 4 heteroatoms. The summed E-state index contributed by atoms with van der Waals surface area (Å²) in [7, 11) is 1.89. The van der Waals surface area contributed by atoms with Crippen molar-refractivity contribution in [1.29, 1.82) is 0 Å². The molecule has 1 heterocycles. The Bertz CT molecular complexity index is 487. The molecule has 1 fully saturated rings. The number of anilines is 1. The molecule has 0 aromatic heterocycles. The maximum absolute atomic E-state index is 12.0. The Balaban J connectivity index is 2.06. The van der Waals surface area contributed by atoms with Gasteiger partial charge in [0.2, 0.25) is 5.91 Å². The molecule has 1 aromatic carbocycles. The maximum atomic E-state index is 12.0. The zero-order valence-corrected chi connectivity index (χ0v) is 13.5. The summed E-state index contributed by atoms with van der Waals surface area (Å²) in [5, 5.41) is 3.44. The zero-order chi connectivity index (χ0) is 15.2. The Labute approximate surface area is 128 Å². The van der Waals surface area contributed by atoms with Gasteiger partial charge in [-0.2, -0.15) is 0 Å². The van der Waals surface area contributed by atoms with Crippen LogP contribution in [0.4, 0.5) is 5.69 Å². The van der Waals surface area contributed by atoms with Gasteiger partial charge in [0.25, 0.3) is 0 Å². The average molecular weight is 289 g/mol. The second-order valence-corrected chi connectivity index (χ2v) is 5.88. The van der Waals surface area contributed by atoms with Crippen molar-refractivity contribution >= 4 is 11.6 Å². The van der Waals surface area contributed by atoms with Gasteiger partial charge in [-0.3, -0.25) is 4.79 Å². The van der Waals surface area contributed by atoms with Crippen LogP contribution >= 0.6 is 0 Å². The van der Waals surface area contributed by atoms with E-state index in [1.54, 1.807) is 0 Å². The van der Waals surface area contributed by atoms with Crippen LogP contribution in [-0.2, 0) is 11.3 Å². The van der Waals surface area contributed by atoms with Crippen molar-refractivity contribution in [2.75, 3.05) is 38.1 Å². The molecular weight excluding hydrogens is 262 g/mol. The Kier molecular flexibility index (Phi) is 5.62. The van der Waals surface area contributed by atoms with E-state index in [-0.39, 0.29) is 5.91 Å². The van der Waals surface area contributed by atoms with E-state index >= 15 is 0 Å². The van der Waals surface area contributed by atoms with Gasteiger partial charge in [0.15, 0.2) is 0 Å². The largest absolute Gasteiger partial charge is 0.362 e. The monoisotopic (exact) mass is 289 g/mol. The predicted octanol–water partition coefficient (Wildman–Crippen LogP) is 2.16. The minimum atomic E-state index is 0.207. The van der Waals surface area contributed by atoms with Gasteiger partial charge in [-0.25, -0.2) is 0 Å². The third-order valence-corrected chi connectivity index (χ3v) is 4.11.